The number of aliphatic hydroxyl groups is 1. The summed E-state index contributed by atoms with van der Waals surface area (Å²) in [5.74, 6) is 0.608. The lowest BCUT2D eigenvalue weighted by Gasteiger charge is -2.35. The fraction of sp³-hybridized carbons (Fsp3) is 1.00. The lowest BCUT2D eigenvalue weighted by atomic mass is 9.91. The van der Waals surface area contributed by atoms with Crippen molar-refractivity contribution in [2.24, 2.45) is 5.92 Å². The second-order valence-corrected chi connectivity index (χ2v) is 5.74. The second kappa shape index (κ2) is 6.58. The zero-order valence-corrected chi connectivity index (χ0v) is 11.2. The standard InChI is InChI=1S/C13H28N2O/c1-10(2)12(9-15(3)4)14-11-7-5-6-8-13(11)16/h10-14,16H,5-9H2,1-4H3/t11-,12?,13-/m0/s1. The maximum Gasteiger partial charge on any atom is 0.0693 e. The van der Waals surface area contributed by atoms with Gasteiger partial charge in [0.1, 0.15) is 0 Å². The minimum atomic E-state index is -0.142. The van der Waals surface area contributed by atoms with Gasteiger partial charge in [0.15, 0.2) is 0 Å². The quantitative estimate of drug-likeness (QED) is 0.748. The third-order valence-corrected chi connectivity index (χ3v) is 3.52. The van der Waals surface area contributed by atoms with Gasteiger partial charge in [-0.3, -0.25) is 0 Å². The topological polar surface area (TPSA) is 35.5 Å². The maximum atomic E-state index is 9.96. The van der Waals surface area contributed by atoms with Gasteiger partial charge in [0.2, 0.25) is 0 Å². The fourth-order valence-electron chi connectivity index (χ4n) is 2.43. The molecule has 0 saturated heterocycles. The van der Waals surface area contributed by atoms with Gasteiger partial charge in [-0.1, -0.05) is 26.7 Å². The number of rotatable bonds is 5. The Bertz CT molecular complexity index is 194. The molecule has 0 aromatic rings. The van der Waals surface area contributed by atoms with E-state index in [9.17, 15) is 5.11 Å². The summed E-state index contributed by atoms with van der Waals surface area (Å²) < 4.78 is 0. The molecule has 1 unspecified atom stereocenters. The summed E-state index contributed by atoms with van der Waals surface area (Å²) >= 11 is 0. The van der Waals surface area contributed by atoms with Crippen LogP contribution in [0.4, 0.5) is 0 Å². The summed E-state index contributed by atoms with van der Waals surface area (Å²) in [6.07, 6.45) is 4.38. The molecule has 1 aliphatic rings. The Morgan fingerprint density at radius 1 is 1.25 bits per heavy atom. The predicted molar refractivity (Wildman–Crippen MR) is 68.6 cm³/mol. The Balaban J connectivity index is 2.46. The van der Waals surface area contributed by atoms with Crippen LogP contribution in [0.1, 0.15) is 39.5 Å². The van der Waals surface area contributed by atoms with Crippen molar-refractivity contribution in [3.63, 3.8) is 0 Å². The zero-order chi connectivity index (χ0) is 12.1. The Labute approximate surface area is 100 Å². The van der Waals surface area contributed by atoms with Gasteiger partial charge in [0, 0.05) is 18.6 Å². The highest BCUT2D eigenvalue weighted by Gasteiger charge is 2.26. The molecular formula is C13H28N2O. The third kappa shape index (κ3) is 4.40. The molecule has 0 bridgehead atoms. The zero-order valence-electron chi connectivity index (χ0n) is 11.2. The summed E-state index contributed by atoms with van der Waals surface area (Å²) in [5, 5.41) is 13.6. The van der Waals surface area contributed by atoms with Crippen molar-refractivity contribution in [2.75, 3.05) is 20.6 Å². The van der Waals surface area contributed by atoms with E-state index < -0.39 is 0 Å². The van der Waals surface area contributed by atoms with Crippen LogP contribution in [0, 0.1) is 5.92 Å². The van der Waals surface area contributed by atoms with E-state index in [-0.39, 0.29) is 6.10 Å². The highest BCUT2D eigenvalue weighted by molar-refractivity contribution is 4.85. The molecule has 0 radical (unpaired) electrons. The molecule has 0 spiro atoms. The lowest BCUT2D eigenvalue weighted by Crippen LogP contribution is -2.52. The number of nitrogens with one attached hydrogen (secondary N) is 1. The van der Waals surface area contributed by atoms with E-state index >= 15 is 0 Å². The number of likely N-dealkylation sites (N-methyl/N-ethyl adjacent to an activating group) is 1. The molecule has 0 aromatic heterocycles. The van der Waals surface area contributed by atoms with Crippen molar-refractivity contribution in [3.8, 4) is 0 Å². The van der Waals surface area contributed by atoms with Gasteiger partial charge in [-0.25, -0.2) is 0 Å². The highest BCUT2D eigenvalue weighted by Crippen LogP contribution is 2.19. The lowest BCUT2D eigenvalue weighted by molar-refractivity contribution is 0.0779. The van der Waals surface area contributed by atoms with Crippen LogP contribution in [0.15, 0.2) is 0 Å². The third-order valence-electron chi connectivity index (χ3n) is 3.52. The first-order chi connectivity index (χ1) is 7.50. The van der Waals surface area contributed by atoms with E-state index in [4.69, 9.17) is 0 Å². The van der Waals surface area contributed by atoms with Crippen molar-refractivity contribution in [3.05, 3.63) is 0 Å². The van der Waals surface area contributed by atoms with Crippen molar-refractivity contribution in [1.29, 1.82) is 0 Å². The summed E-state index contributed by atoms with van der Waals surface area (Å²) in [5.41, 5.74) is 0. The minimum absolute atomic E-state index is 0.142. The normalized spacial score (nSPS) is 28.7. The van der Waals surface area contributed by atoms with Crippen molar-refractivity contribution < 1.29 is 5.11 Å². The largest absolute Gasteiger partial charge is 0.392 e. The van der Waals surface area contributed by atoms with Crippen LogP contribution in [0.25, 0.3) is 0 Å². The monoisotopic (exact) mass is 228 g/mol. The van der Waals surface area contributed by atoms with Crippen LogP contribution < -0.4 is 5.32 Å². The van der Waals surface area contributed by atoms with Gasteiger partial charge in [0.05, 0.1) is 6.10 Å². The van der Waals surface area contributed by atoms with Gasteiger partial charge < -0.3 is 15.3 Å². The minimum Gasteiger partial charge on any atom is -0.392 e. The Morgan fingerprint density at radius 2 is 1.88 bits per heavy atom. The van der Waals surface area contributed by atoms with Gasteiger partial charge >= 0.3 is 0 Å². The van der Waals surface area contributed by atoms with Gasteiger partial charge in [-0.05, 0) is 32.9 Å². The SMILES string of the molecule is CC(C)C(CN(C)C)N[C@H]1CCCC[C@@H]1O. The Kier molecular flexibility index (Phi) is 5.73. The van der Waals surface area contributed by atoms with Crippen LogP contribution >= 0.6 is 0 Å². The molecular weight excluding hydrogens is 200 g/mol. The van der Waals surface area contributed by atoms with Crippen molar-refractivity contribution in [1.82, 2.24) is 10.2 Å². The molecule has 1 rings (SSSR count). The molecule has 0 aromatic carbocycles. The second-order valence-electron chi connectivity index (χ2n) is 5.74. The first-order valence-corrected chi connectivity index (χ1v) is 6.59. The molecule has 1 saturated carbocycles. The Hall–Kier alpha value is -0.120. The molecule has 16 heavy (non-hydrogen) atoms. The number of nitrogens with zero attached hydrogens (tertiary/aromatic N) is 1. The molecule has 2 N–H and O–H groups in total. The van der Waals surface area contributed by atoms with E-state index in [1.54, 1.807) is 0 Å². The maximum absolute atomic E-state index is 9.96. The van der Waals surface area contributed by atoms with Crippen molar-refractivity contribution >= 4 is 0 Å². The molecule has 1 fully saturated rings. The van der Waals surface area contributed by atoms with E-state index in [1.807, 2.05) is 0 Å². The Morgan fingerprint density at radius 3 is 2.38 bits per heavy atom. The summed E-state index contributed by atoms with van der Waals surface area (Å²) in [6.45, 7) is 5.54. The first kappa shape index (κ1) is 13.9. The first-order valence-electron chi connectivity index (χ1n) is 6.59. The average Bonchev–Trinajstić information content (AvgIpc) is 2.19. The number of hydrogen-bond donors (Lipinski definition) is 2. The highest BCUT2D eigenvalue weighted by atomic mass is 16.3. The molecule has 3 nitrogen and oxygen atoms in total. The molecule has 0 aliphatic heterocycles. The summed E-state index contributed by atoms with van der Waals surface area (Å²) in [7, 11) is 4.21. The van der Waals surface area contributed by atoms with Gasteiger partial charge in [0.25, 0.3) is 0 Å². The summed E-state index contributed by atoms with van der Waals surface area (Å²) in [4.78, 5) is 2.22. The van der Waals surface area contributed by atoms with Crippen LogP contribution in [0.3, 0.4) is 0 Å². The molecule has 1 aliphatic carbocycles. The van der Waals surface area contributed by atoms with Gasteiger partial charge in [-0.15, -0.1) is 0 Å². The van der Waals surface area contributed by atoms with E-state index in [2.05, 4.69) is 38.2 Å². The van der Waals surface area contributed by atoms with Gasteiger partial charge in [-0.2, -0.15) is 0 Å². The molecule has 3 atom stereocenters. The van der Waals surface area contributed by atoms with Crippen LogP contribution in [0.2, 0.25) is 0 Å². The fourth-order valence-corrected chi connectivity index (χ4v) is 2.43. The van der Waals surface area contributed by atoms with Crippen LogP contribution in [0.5, 0.6) is 0 Å². The molecule has 0 amide bonds. The molecule has 3 heteroatoms. The number of hydrogen-bond acceptors (Lipinski definition) is 3. The molecule has 0 heterocycles. The smallest absolute Gasteiger partial charge is 0.0693 e. The van der Waals surface area contributed by atoms with Crippen LogP contribution in [-0.2, 0) is 0 Å². The number of aliphatic hydroxyl groups excluding tert-OH is 1. The van der Waals surface area contributed by atoms with Crippen molar-refractivity contribution in [2.45, 2.75) is 57.7 Å². The van der Waals surface area contributed by atoms with Crippen LogP contribution in [-0.4, -0.2) is 48.8 Å². The molecule has 96 valence electrons. The van der Waals surface area contributed by atoms with E-state index in [1.165, 1.54) is 12.8 Å². The predicted octanol–water partition coefficient (Wildman–Crippen LogP) is 1.47. The van der Waals surface area contributed by atoms with E-state index in [0.29, 0.717) is 18.0 Å². The average molecular weight is 228 g/mol. The summed E-state index contributed by atoms with van der Waals surface area (Å²) in [6, 6.07) is 0.786. The van der Waals surface area contributed by atoms with E-state index in [0.717, 1.165) is 19.4 Å².